The molecule has 168 valence electrons. The molecule has 2 rings (SSSR count). The van der Waals surface area contributed by atoms with Crippen LogP contribution < -0.4 is 15.4 Å². The van der Waals surface area contributed by atoms with E-state index >= 15 is 0 Å². The molecule has 0 aliphatic carbocycles. The second-order valence-corrected chi connectivity index (χ2v) is 6.83. The molecular weight excluding hydrogens is 499 g/mol. The van der Waals surface area contributed by atoms with Crippen LogP contribution in [0, 0.1) is 5.92 Å². The van der Waals surface area contributed by atoms with Crippen molar-refractivity contribution in [3.63, 3.8) is 0 Å². The zero-order valence-electron chi connectivity index (χ0n) is 18.0. The average Bonchev–Trinajstić information content (AvgIpc) is 2.70. The fourth-order valence-corrected chi connectivity index (χ4v) is 3.23. The number of benzene rings is 1. The standard InChI is InChI=1S/C21H32N4O4.HI/c1-4-22-21(25-12-7-8-17(15-25)20(27)28-5-2)23-11-13-29-19-10-6-9-18(14-19)24-16(3)26;/h6,9-10,14,17H,4-5,7-8,11-13,15H2,1-3H3,(H,22,23)(H,24,26);1H. The molecule has 1 saturated heterocycles. The largest absolute Gasteiger partial charge is 0.492 e. The molecule has 0 aromatic heterocycles. The Labute approximate surface area is 195 Å². The number of rotatable bonds is 8. The number of hydrogen-bond acceptors (Lipinski definition) is 5. The predicted molar refractivity (Wildman–Crippen MR) is 129 cm³/mol. The summed E-state index contributed by atoms with van der Waals surface area (Å²) in [4.78, 5) is 30.0. The Morgan fingerprint density at radius 3 is 2.80 bits per heavy atom. The lowest BCUT2D eigenvalue weighted by molar-refractivity contribution is -0.149. The maximum absolute atomic E-state index is 12.1. The van der Waals surface area contributed by atoms with E-state index in [4.69, 9.17) is 9.47 Å². The zero-order chi connectivity index (χ0) is 21.1. The normalized spacial score (nSPS) is 16.3. The van der Waals surface area contributed by atoms with Gasteiger partial charge in [-0.05, 0) is 38.8 Å². The van der Waals surface area contributed by atoms with Crippen molar-refractivity contribution in [1.82, 2.24) is 10.2 Å². The van der Waals surface area contributed by atoms with E-state index in [1.807, 2.05) is 32.0 Å². The first-order chi connectivity index (χ1) is 14.0. The van der Waals surface area contributed by atoms with Crippen LogP contribution in [0.15, 0.2) is 29.3 Å². The fourth-order valence-electron chi connectivity index (χ4n) is 3.23. The van der Waals surface area contributed by atoms with E-state index in [1.165, 1.54) is 6.92 Å². The number of nitrogens with zero attached hydrogens (tertiary/aromatic N) is 2. The van der Waals surface area contributed by atoms with E-state index in [1.54, 1.807) is 6.07 Å². The smallest absolute Gasteiger partial charge is 0.310 e. The van der Waals surface area contributed by atoms with Gasteiger partial charge in [0.2, 0.25) is 5.91 Å². The summed E-state index contributed by atoms with van der Waals surface area (Å²) in [6, 6.07) is 7.27. The monoisotopic (exact) mass is 532 g/mol. The van der Waals surface area contributed by atoms with Crippen molar-refractivity contribution in [1.29, 1.82) is 0 Å². The highest BCUT2D eigenvalue weighted by Crippen LogP contribution is 2.19. The molecule has 1 heterocycles. The minimum absolute atomic E-state index is 0. The third kappa shape index (κ3) is 8.76. The number of likely N-dealkylation sites (tertiary alicyclic amines) is 1. The Bertz CT molecular complexity index is 714. The van der Waals surface area contributed by atoms with Crippen LogP contribution in [0.4, 0.5) is 5.69 Å². The van der Waals surface area contributed by atoms with Crippen molar-refractivity contribution in [3.8, 4) is 5.75 Å². The molecule has 1 aliphatic heterocycles. The molecule has 1 aromatic carbocycles. The predicted octanol–water partition coefficient (Wildman–Crippen LogP) is 2.88. The third-order valence-electron chi connectivity index (χ3n) is 4.45. The number of hydrogen-bond donors (Lipinski definition) is 2. The molecule has 1 aliphatic rings. The Morgan fingerprint density at radius 1 is 1.30 bits per heavy atom. The minimum Gasteiger partial charge on any atom is -0.492 e. The number of carbonyl (C=O) groups excluding carboxylic acids is 2. The number of amides is 1. The number of halogens is 1. The first-order valence-electron chi connectivity index (χ1n) is 10.2. The molecule has 0 spiro atoms. The molecular formula is C21H33IN4O4. The molecule has 8 nitrogen and oxygen atoms in total. The first-order valence-corrected chi connectivity index (χ1v) is 10.2. The van der Waals surface area contributed by atoms with Crippen molar-refractivity contribution in [2.24, 2.45) is 10.9 Å². The van der Waals surface area contributed by atoms with Gasteiger partial charge >= 0.3 is 5.97 Å². The molecule has 1 fully saturated rings. The molecule has 1 atom stereocenters. The molecule has 1 unspecified atom stereocenters. The number of esters is 1. The fraction of sp³-hybridized carbons (Fsp3) is 0.571. The Morgan fingerprint density at radius 2 is 2.10 bits per heavy atom. The molecule has 1 aromatic rings. The number of piperidine rings is 1. The van der Waals surface area contributed by atoms with E-state index in [-0.39, 0.29) is 41.8 Å². The van der Waals surface area contributed by atoms with Crippen molar-refractivity contribution >= 4 is 47.5 Å². The van der Waals surface area contributed by atoms with Gasteiger partial charge in [-0.25, -0.2) is 4.99 Å². The second kappa shape index (κ2) is 14.1. The summed E-state index contributed by atoms with van der Waals surface area (Å²) in [5.74, 6) is 1.11. The Balaban J connectivity index is 0.00000450. The van der Waals surface area contributed by atoms with Gasteiger partial charge in [-0.15, -0.1) is 24.0 Å². The lowest BCUT2D eigenvalue weighted by atomic mass is 9.98. The molecule has 9 heteroatoms. The van der Waals surface area contributed by atoms with Crippen molar-refractivity contribution in [2.75, 3.05) is 44.7 Å². The van der Waals surface area contributed by atoms with E-state index in [2.05, 4.69) is 20.5 Å². The average molecular weight is 532 g/mol. The van der Waals surface area contributed by atoms with Gasteiger partial charge in [-0.3, -0.25) is 9.59 Å². The van der Waals surface area contributed by atoms with Gasteiger partial charge in [0.1, 0.15) is 12.4 Å². The summed E-state index contributed by atoms with van der Waals surface area (Å²) >= 11 is 0. The van der Waals surface area contributed by atoms with Crippen LogP contribution >= 0.6 is 24.0 Å². The topological polar surface area (TPSA) is 92.3 Å². The van der Waals surface area contributed by atoms with Gasteiger partial charge < -0.3 is 25.0 Å². The highest BCUT2D eigenvalue weighted by Gasteiger charge is 2.28. The molecule has 0 saturated carbocycles. The number of anilines is 1. The lowest BCUT2D eigenvalue weighted by Crippen LogP contribution is -2.48. The van der Waals surface area contributed by atoms with Crippen molar-refractivity contribution in [3.05, 3.63) is 24.3 Å². The van der Waals surface area contributed by atoms with Gasteiger partial charge in [-0.1, -0.05) is 6.07 Å². The maximum Gasteiger partial charge on any atom is 0.310 e. The molecule has 2 N–H and O–H groups in total. The Kier molecular flexibility index (Phi) is 12.2. The summed E-state index contributed by atoms with van der Waals surface area (Å²) in [7, 11) is 0. The Hall–Kier alpha value is -2.04. The van der Waals surface area contributed by atoms with Crippen LogP contribution in [0.2, 0.25) is 0 Å². The van der Waals surface area contributed by atoms with Crippen LogP contribution in [0.3, 0.4) is 0 Å². The summed E-state index contributed by atoms with van der Waals surface area (Å²) in [6.07, 6.45) is 1.78. The first kappa shape index (κ1) is 26.0. The van der Waals surface area contributed by atoms with Crippen molar-refractivity contribution < 1.29 is 19.1 Å². The number of aliphatic imine (C=N–C) groups is 1. The minimum atomic E-state index is -0.129. The van der Waals surface area contributed by atoms with Gasteiger partial charge in [0.15, 0.2) is 5.96 Å². The number of ether oxygens (including phenoxy) is 2. The summed E-state index contributed by atoms with van der Waals surface area (Å²) in [5.41, 5.74) is 0.699. The van der Waals surface area contributed by atoms with E-state index in [0.29, 0.717) is 37.7 Å². The number of nitrogens with one attached hydrogen (secondary N) is 2. The van der Waals surface area contributed by atoms with Crippen LogP contribution in [-0.4, -0.2) is 62.1 Å². The molecule has 30 heavy (non-hydrogen) atoms. The summed E-state index contributed by atoms with van der Waals surface area (Å²) < 4.78 is 10.9. The highest BCUT2D eigenvalue weighted by molar-refractivity contribution is 14.0. The third-order valence-corrected chi connectivity index (χ3v) is 4.45. The SMILES string of the molecule is CCNC(=NCCOc1cccc(NC(C)=O)c1)N1CCCC(C(=O)OCC)C1.I. The lowest BCUT2D eigenvalue weighted by Gasteiger charge is -2.34. The van der Waals surface area contributed by atoms with E-state index in [0.717, 1.165) is 31.9 Å². The summed E-state index contributed by atoms with van der Waals surface area (Å²) in [6.45, 7) is 8.84. The zero-order valence-corrected chi connectivity index (χ0v) is 20.3. The van der Waals surface area contributed by atoms with Gasteiger partial charge in [-0.2, -0.15) is 0 Å². The van der Waals surface area contributed by atoms with Gasteiger partial charge in [0, 0.05) is 38.3 Å². The quantitative estimate of drug-likeness (QED) is 0.176. The second-order valence-electron chi connectivity index (χ2n) is 6.83. The van der Waals surface area contributed by atoms with Gasteiger partial charge in [0.05, 0.1) is 19.1 Å². The maximum atomic E-state index is 12.1. The number of carbonyl (C=O) groups is 2. The van der Waals surface area contributed by atoms with Crippen LogP contribution in [-0.2, 0) is 14.3 Å². The van der Waals surface area contributed by atoms with E-state index in [9.17, 15) is 9.59 Å². The van der Waals surface area contributed by atoms with Crippen LogP contribution in [0.25, 0.3) is 0 Å². The summed E-state index contributed by atoms with van der Waals surface area (Å²) in [5, 5.41) is 6.03. The van der Waals surface area contributed by atoms with Gasteiger partial charge in [0.25, 0.3) is 0 Å². The van der Waals surface area contributed by atoms with Crippen LogP contribution in [0.5, 0.6) is 5.75 Å². The van der Waals surface area contributed by atoms with E-state index < -0.39 is 0 Å². The molecule has 0 bridgehead atoms. The highest BCUT2D eigenvalue weighted by atomic mass is 127. The molecule has 0 radical (unpaired) electrons. The van der Waals surface area contributed by atoms with Crippen molar-refractivity contribution in [2.45, 2.75) is 33.6 Å². The molecule has 1 amide bonds. The number of guanidine groups is 1. The van der Waals surface area contributed by atoms with Crippen LogP contribution in [0.1, 0.15) is 33.6 Å².